The zero-order chi connectivity index (χ0) is 23.6. The van der Waals surface area contributed by atoms with Crippen molar-refractivity contribution in [3.63, 3.8) is 0 Å². The number of fused-ring (bicyclic) bond motifs is 5. The molecule has 174 valence electrons. The summed E-state index contributed by atoms with van der Waals surface area (Å²) in [4.78, 5) is 37.0. The zero-order valence-electron chi connectivity index (χ0n) is 19.1. The molecular weight excluding hydrogens is 452 g/mol. The third-order valence-electron chi connectivity index (χ3n) is 6.50. The Kier molecular flexibility index (Phi) is 4.78. The van der Waals surface area contributed by atoms with Crippen molar-refractivity contribution < 1.29 is 4.79 Å². The molecule has 1 atom stereocenters. The monoisotopic (exact) mass is 476 g/mol. The van der Waals surface area contributed by atoms with E-state index in [2.05, 4.69) is 37.3 Å². The summed E-state index contributed by atoms with van der Waals surface area (Å²) in [5.41, 5.74) is 3.94. The van der Waals surface area contributed by atoms with Crippen molar-refractivity contribution in [3.8, 4) is 10.4 Å². The Morgan fingerprint density at radius 2 is 2.15 bits per heavy atom. The fraction of sp³-hybridized carbons (Fsp3) is 0.348. The van der Waals surface area contributed by atoms with E-state index in [1.165, 1.54) is 11.3 Å². The van der Waals surface area contributed by atoms with Crippen molar-refractivity contribution in [1.29, 1.82) is 0 Å². The highest BCUT2D eigenvalue weighted by Gasteiger charge is 2.23. The van der Waals surface area contributed by atoms with Crippen molar-refractivity contribution in [3.05, 3.63) is 40.7 Å². The highest BCUT2D eigenvalue weighted by Crippen LogP contribution is 2.34. The third-order valence-corrected chi connectivity index (χ3v) is 7.63. The fourth-order valence-electron chi connectivity index (χ4n) is 4.80. The molecule has 5 aromatic heterocycles. The molecule has 34 heavy (non-hydrogen) atoms. The standard InChI is InChI=1S/C23H24N8O2S/c1-12-5-4-6-30(12)11-18(32)25-14-7-16-20(24-8-14)21-19(22(33)26-16)23-31(28-21)10-17(34-23)15-9-29(3)27-13(15)2/h7-10,12H,4-6,11H2,1-3H3,(H,25,32)(H,26,33)/t12-/m1/s1. The Bertz CT molecular complexity index is 1640. The normalized spacial score (nSPS) is 16.9. The number of anilines is 1. The molecule has 10 nitrogen and oxygen atoms in total. The summed E-state index contributed by atoms with van der Waals surface area (Å²) in [7, 11) is 1.89. The number of nitrogens with zero attached hydrogens (tertiary/aromatic N) is 6. The summed E-state index contributed by atoms with van der Waals surface area (Å²) in [6.07, 6.45) is 7.73. The molecule has 0 radical (unpaired) electrons. The van der Waals surface area contributed by atoms with Gasteiger partial charge in [0.2, 0.25) is 5.91 Å². The molecular formula is C23H24N8O2S. The number of hydrogen-bond donors (Lipinski definition) is 2. The average Bonchev–Trinajstić information content (AvgIpc) is 3.52. The highest BCUT2D eigenvalue weighted by molar-refractivity contribution is 7.21. The minimum absolute atomic E-state index is 0.0842. The van der Waals surface area contributed by atoms with Crippen LogP contribution in [0.1, 0.15) is 25.5 Å². The number of amides is 1. The van der Waals surface area contributed by atoms with Crippen LogP contribution in [0.25, 0.3) is 37.2 Å². The molecule has 2 N–H and O–H groups in total. The van der Waals surface area contributed by atoms with Gasteiger partial charge in [-0.2, -0.15) is 10.2 Å². The van der Waals surface area contributed by atoms with Crippen LogP contribution in [0.2, 0.25) is 0 Å². The van der Waals surface area contributed by atoms with Gasteiger partial charge in [0, 0.05) is 31.0 Å². The Labute approximate surface area is 198 Å². The second-order valence-electron chi connectivity index (χ2n) is 8.95. The number of thiazole rings is 1. The van der Waals surface area contributed by atoms with Gasteiger partial charge in [-0.05, 0) is 39.3 Å². The predicted octanol–water partition coefficient (Wildman–Crippen LogP) is 2.92. The van der Waals surface area contributed by atoms with Crippen molar-refractivity contribution in [2.24, 2.45) is 7.05 Å². The minimum atomic E-state index is -0.232. The van der Waals surface area contributed by atoms with E-state index in [0.717, 1.165) is 40.4 Å². The fourth-order valence-corrected chi connectivity index (χ4v) is 5.95. The molecule has 1 saturated heterocycles. The zero-order valence-corrected chi connectivity index (χ0v) is 19.9. The molecule has 0 aromatic carbocycles. The van der Waals surface area contributed by atoms with Gasteiger partial charge < -0.3 is 10.3 Å². The lowest BCUT2D eigenvalue weighted by atomic mass is 10.2. The van der Waals surface area contributed by atoms with Gasteiger partial charge in [-0.1, -0.05) is 0 Å². The van der Waals surface area contributed by atoms with E-state index in [-0.39, 0.29) is 11.5 Å². The molecule has 6 rings (SSSR count). The smallest absolute Gasteiger partial charge is 0.261 e. The number of hydrogen-bond acceptors (Lipinski definition) is 7. The van der Waals surface area contributed by atoms with Crippen LogP contribution in [-0.4, -0.2) is 59.3 Å². The molecule has 1 amide bonds. The number of carbonyl (C=O) groups is 1. The predicted molar refractivity (Wildman–Crippen MR) is 132 cm³/mol. The van der Waals surface area contributed by atoms with E-state index in [1.54, 1.807) is 21.5 Å². The molecule has 5 aromatic rings. The van der Waals surface area contributed by atoms with Gasteiger partial charge in [0.1, 0.15) is 21.3 Å². The van der Waals surface area contributed by atoms with Crippen LogP contribution in [0.15, 0.2) is 29.5 Å². The van der Waals surface area contributed by atoms with Crippen LogP contribution in [0.5, 0.6) is 0 Å². The Morgan fingerprint density at radius 1 is 1.29 bits per heavy atom. The van der Waals surface area contributed by atoms with Gasteiger partial charge >= 0.3 is 0 Å². The molecule has 0 aliphatic carbocycles. The Hall–Kier alpha value is -3.57. The van der Waals surface area contributed by atoms with Crippen LogP contribution in [0.4, 0.5) is 5.69 Å². The van der Waals surface area contributed by atoms with Gasteiger partial charge in [-0.15, -0.1) is 11.3 Å². The summed E-state index contributed by atoms with van der Waals surface area (Å²) in [5, 5.41) is 12.5. The summed E-state index contributed by atoms with van der Waals surface area (Å²) in [6, 6.07) is 2.16. The van der Waals surface area contributed by atoms with Gasteiger partial charge in [-0.3, -0.25) is 24.2 Å². The van der Waals surface area contributed by atoms with Crippen LogP contribution in [0, 0.1) is 6.92 Å². The van der Waals surface area contributed by atoms with Crippen molar-refractivity contribution in [1.82, 2.24) is 34.3 Å². The minimum Gasteiger partial charge on any atom is -0.324 e. The molecule has 0 bridgehead atoms. The first kappa shape index (κ1) is 21.0. The molecule has 0 spiro atoms. The molecule has 0 unspecified atom stereocenters. The number of H-pyrrole nitrogens is 1. The number of likely N-dealkylation sites (tertiary alicyclic amines) is 1. The summed E-state index contributed by atoms with van der Waals surface area (Å²) >= 11 is 1.50. The molecule has 1 aliphatic heterocycles. The van der Waals surface area contributed by atoms with Gasteiger partial charge in [0.05, 0.1) is 34.5 Å². The Balaban J connectivity index is 1.36. The average molecular weight is 477 g/mol. The largest absolute Gasteiger partial charge is 0.324 e. The van der Waals surface area contributed by atoms with E-state index in [0.29, 0.717) is 40.2 Å². The number of carbonyl (C=O) groups excluding carboxylic acids is 1. The molecule has 11 heteroatoms. The summed E-state index contributed by atoms with van der Waals surface area (Å²) < 4.78 is 3.51. The number of rotatable bonds is 4. The van der Waals surface area contributed by atoms with E-state index >= 15 is 0 Å². The number of pyridine rings is 2. The SMILES string of the molecule is Cc1nn(C)cc1-c1cn2nc3c4ncc(NC(=O)CN5CCC[C@H]5C)cc4[nH]c(=O)c3c2s1. The second-order valence-corrected chi connectivity index (χ2v) is 9.99. The van der Waals surface area contributed by atoms with Crippen LogP contribution in [0.3, 0.4) is 0 Å². The van der Waals surface area contributed by atoms with Gasteiger partial charge in [0.25, 0.3) is 5.56 Å². The number of aromatic nitrogens is 6. The molecule has 6 heterocycles. The number of nitrogens with one attached hydrogen (secondary N) is 2. The maximum Gasteiger partial charge on any atom is 0.261 e. The first-order chi connectivity index (χ1) is 16.4. The van der Waals surface area contributed by atoms with Crippen LogP contribution >= 0.6 is 11.3 Å². The molecule has 1 aliphatic rings. The van der Waals surface area contributed by atoms with Crippen LogP contribution in [-0.2, 0) is 11.8 Å². The van der Waals surface area contributed by atoms with Gasteiger partial charge in [-0.25, -0.2) is 4.52 Å². The number of aromatic amines is 1. The van der Waals surface area contributed by atoms with E-state index in [9.17, 15) is 9.59 Å². The quantitative estimate of drug-likeness (QED) is 0.412. The van der Waals surface area contributed by atoms with Crippen molar-refractivity contribution in [2.45, 2.75) is 32.7 Å². The summed E-state index contributed by atoms with van der Waals surface area (Å²) in [6.45, 7) is 5.40. The number of aryl methyl sites for hydroxylation is 2. The first-order valence-electron chi connectivity index (χ1n) is 11.3. The topological polar surface area (TPSA) is 113 Å². The highest BCUT2D eigenvalue weighted by atomic mass is 32.1. The lowest BCUT2D eigenvalue weighted by Crippen LogP contribution is -2.35. The lowest BCUT2D eigenvalue weighted by Gasteiger charge is -2.20. The van der Waals surface area contributed by atoms with Crippen molar-refractivity contribution in [2.75, 3.05) is 18.4 Å². The van der Waals surface area contributed by atoms with Crippen LogP contribution < -0.4 is 10.9 Å². The van der Waals surface area contributed by atoms with Crippen molar-refractivity contribution >= 4 is 49.7 Å². The second kappa shape index (κ2) is 7.74. The van der Waals surface area contributed by atoms with E-state index in [1.807, 2.05) is 26.4 Å². The molecule has 1 fully saturated rings. The van der Waals surface area contributed by atoms with E-state index < -0.39 is 0 Å². The maximum absolute atomic E-state index is 13.0. The van der Waals surface area contributed by atoms with E-state index in [4.69, 9.17) is 0 Å². The van der Waals surface area contributed by atoms with Gasteiger partial charge in [0.15, 0.2) is 0 Å². The molecule has 0 saturated carbocycles. The lowest BCUT2D eigenvalue weighted by molar-refractivity contribution is -0.117. The third kappa shape index (κ3) is 3.39. The maximum atomic E-state index is 13.0. The summed E-state index contributed by atoms with van der Waals surface area (Å²) in [5.74, 6) is -0.0842. The first-order valence-corrected chi connectivity index (χ1v) is 12.1. The Morgan fingerprint density at radius 3 is 2.88 bits per heavy atom.